The zero-order valence-electron chi connectivity index (χ0n) is 6.66. The minimum absolute atomic E-state index is 0.470. The van der Waals surface area contributed by atoms with Gasteiger partial charge in [0, 0.05) is 0 Å². The van der Waals surface area contributed by atoms with E-state index in [-0.39, 0.29) is 0 Å². The first kappa shape index (κ1) is 11.4. The molecule has 0 aromatic carbocycles. The van der Waals surface area contributed by atoms with E-state index >= 15 is 0 Å². The molecule has 6 heteroatoms. The fraction of sp³-hybridized carbons (Fsp3) is 0.833. The predicted molar refractivity (Wildman–Crippen MR) is 41.5 cm³/mol. The van der Waals surface area contributed by atoms with Crippen molar-refractivity contribution >= 4 is 15.8 Å². The van der Waals surface area contributed by atoms with Crippen molar-refractivity contribution in [1.82, 2.24) is 0 Å². The van der Waals surface area contributed by atoms with E-state index < -0.39 is 39.9 Å². The first-order chi connectivity index (χ1) is 5.40. The Balaban J connectivity index is 4.26. The van der Waals surface area contributed by atoms with Crippen molar-refractivity contribution in [2.75, 3.05) is 12.4 Å². The molecule has 0 aromatic rings. The van der Waals surface area contributed by atoms with E-state index in [2.05, 4.69) is 0 Å². The first-order valence-corrected chi connectivity index (χ1v) is 5.11. The summed E-state index contributed by atoms with van der Waals surface area (Å²) in [4.78, 5) is 10.1. The second-order valence-corrected chi connectivity index (χ2v) is 5.00. The standard InChI is InChI=1S/C6H11FO4S/c1-5(4-6(8)9)12(10,11)3-2-7/h5H,2-4H2,1H3,(H,8,9). The van der Waals surface area contributed by atoms with E-state index in [4.69, 9.17) is 5.11 Å². The van der Waals surface area contributed by atoms with E-state index in [0.29, 0.717) is 0 Å². The molecule has 0 heterocycles. The molecule has 0 spiro atoms. The quantitative estimate of drug-likeness (QED) is 0.686. The largest absolute Gasteiger partial charge is 0.481 e. The van der Waals surface area contributed by atoms with Crippen LogP contribution in [0.5, 0.6) is 0 Å². The summed E-state index contributed by atoms with van der Waals surface area (Å²) in [6, 6.07) is 0. The van der Waals surface area contributed by atoms with Crippen LogP contribution in [-0.4, -0.2) is 37.2 Å². The number of hydrogen-bond acceptors (Lipinski definition) is 3. The lowest BCUT2D eigenvalue weighted by Crippen LogP contribution is -2.24. The minimum atomic E-state index is -3.56. The summed E-state index contributed by atoms with van der Waals surface area (Å²) in [6.45, 7) is 0.297. The second kappa shape index (κ2) is 4.39. The zero-order valence-corrected chi connectivity index (χ0v) is 7.47. The molecule has 0 bridgehead atoms. The molecule has 0 saturated heterocycles. The Morgan fingerprint density at radius 3 is 2.42 bits per heavy atom. The van der Waals surface area contributed by atoms with Crippen molar-refractivity contribution in [1.29, 1.82) is 0 Å². The average Bonchev–Trinajstić information content (AvgIpc) is 1.85. The van der Waals surface area contributed by atoms with E-state index in [1.54, 1.807) is 0 Å². The van der Waals surface area contributed by atoms with Gasteiger partial charge in [-0.1, -0.05) is 0 Å². The molecule has 0 fully saturated rings. The van der Waals surface area contributed by atoms with Crippen LogP contribution in [0.1, 0.15) is 13.3 Å². The van der Waals surface area contributed by atoms with Crippen molar-refractivity contribution in [3.8, 4) is 0 Å². The van der Waals surface area contributed by atoms with Gasteiger partial charge in [0.1, 0.15) is 6.67 Å². The number of aliphatic carboxylic acids is 1. The Bertz CT molecular complexity index is 246. The summed E-state index contributed by atoms with van der Waals surface area (Å²) < 4.78 is 33.6. The number of carbonyl (C=O) groups is 1. The summed E-state index contributed by atoms with van der Waals surface area (Å²) in [5.41, 5.74) is 0. The topological polar surface area (TPSA) is 71.4 Å². The molecule has 4 nitrogen and oxygen atoms in total. The maximum Gasteiger partial charge on any atom is 0.304 e. The Hall–Kier alpha value is -0.650. The second-order valence-electron chi connectivity index (χ2n) is 2.46. The first-order valence-electron chi connectivity index (χ1n) is 3.39. The molecule has 0 radical (unpaired) electrons. The third-order valence-electron chi connectivity index (χ3n) is 1.44. The average molecular weight is 198 g/mol. The van der Waals surface area contributed by atoms with Gasteiger partial charge in [0.25, 0.3) is 0 Å². The highest BCUT2D eigenvalue weighted by molar-refractivity contribution is 7.92. The predicted octanol–water partition coefficient (Wildman–Crippen LogP) is 0.234. The van der Waals surface area contributed by atoms with Gasteiger partial charge in [-0.15, -0.1) is 0 Å². The Morgan fingerprint density at radius 1 is 1.58 bits per heavy atom. The van der Waals surface area contributed by atoms with Gasteiger partial charge >= 0.3 is 5.97 Å². The highest BCUT2D eigenvalue weighted by Crippen LogP contribution is 2.06. The highest BCUT2D eigenvalue weighted by atomic mass is 32.2. The molecule has 0 aliphatic heterocycles. The summed E-state index contributed by atoms with van der Waals surface area (Å²) in [6.07, 6.45) is -0.470. The lowest BCUT2D eigenvalue weighted by Gasteiger charge is -2.07. The molecule has 1 N–H and O–H groups in total. The molecule has 0 aromatic heterocycles. The Kier molecular flexibility index (Phi) is 4.16. The number of rotatable bonds is 5. The maximum atomic E-state index is 11.7. The number of hydrogen-bond donors (Lipinski definition) is 1. The van der Waals surface area contributed by atoms with Crippen LogP contribution in [0, 0.1) is 0 Å². The third kappa shape index (κ3) is 3.66. The summed E-state index contributed by atoms with van der Waals surface area (Å²) in [5.74, 6) is -1.79. The van der Waals surface area contributed by atoms with Crippen molar-refractivity contribution in [3.05, 3.63) is 0 Å². The van der Waals surface area contributed by atoms with E-state index in [1.165, 1.54) is 6.92 Å². The van der Waals surface area contributed by atoms with Crippen molar-refractivity contribution < 1.29 is 22.7 Å². The number of carboxylic acid groups (broad SMARTS) is 1. The summed E-state index contributed by atoms with van der Waals surface area (Å²) >= 11 is 0. The molecular formula is C6H11FO4S. The van der Waals surface area contributed by atoms with Gasteiger partial charge in [0.2, 0.25) is 0 Å². The molecule has 0 amide bonds. The van der Waals surface area contributed by atoms with Crippen molar-refractivity contribution in [2.24, 2.45) is 0 Å². The lowest BCUT2D eigenvalue weighted by molar-refractivity contribution is -0.136. The van der Waals surface area contributed by atoms with Gasteiger partial charge in [0.15, 0.2) is 9.84 Å². The number of sulfone groups is 1. The molecule has 0 rings (SSSR count). The molecule has 0 aliphatic rings. The molecule has 12 heavy (non-hydrogen) atoms. The normalized spacial score (nSPS) is 14.2. The molecule has 0 aliphatic carbocycles. The highest BCUT2D eigenvalue weighted by Gasteiger charge is 2.22. The van der Waals surface area contributed by atoms with Crippen molar-refractivity contribution in [3.63, 3.8) is 0 Å². The molecular weight excluding hydrogens is 187 g/mol. The van der Waals surface area contributed by atoms with Crippen LogP contribution in [0.4, 0.5) is 4.39 Å². The van der Waals surface area contributed by atoms with Gasteiger partial charge in [-0.3, -0.25) is 4.79 Å². The SMILES string of the molecule is CC(CC(=O)O)S(=O)(=O)CCF. The van der Waals surface area contributed by atoms with Crippen LogP contribution in [0.25, 0.3) is 0 Å². The fourth-order valence-corrected chi connectivity index (χ4v) is 1.70. The van der Waals surface area contributed by atoms with Crippen molar-refractivity contribution in [2.45, 2.75) is 18.6 Å². The number of halogens is 1. The van der Waals surface area contributed by atoms with Crippen LogP contribution in [-0.2, 0) is 14.6 Å². The lowest BCUT2D eigenvalue weighted by atomic mass is 10.3. The van der Waals surface area contributed by atoms with E-state index in [0.717, 1.165) is 0 Å². The van der Waals surface area contributed by atoms with Gasteiger partial charge < -0.3 is 5.11 Å². The van der Waals surface area contributed by atoms with Gasteiger partial charge in [-0.25, -0.2) is 12.8 Å². The van der Waals surface area contributed by atoms with Gasteiger partial charge in [-0.05, 0) is 6.92 Å². The monoisotopic (exact) mass is 198 g/mol. The summed E-state index contributed by atoms with van der Waals surface area (Å²) in [7, 11) is -3.56. The van der Waals surface area contributed by atoms with E-state index in [9.17, 15) is 17.6 Å². The van der Waals surface area contributed by atoms with Crippen LogP contribution < -0.4 is 0 Å². The van der Waals surface area contributed by atoms with Crippen LogP contribution in [0.15, 0.2) is 0 Å². The van der Waals surface area contributed by atoms with E-state index in [1.807, 2.05) is 0 Å². The summed E-state index contributed by atoms with van der Waals surface area (Å²) in [5, 5.41) is 7.25. The minimum Gasteiger partial charge on any atom is -0.481 e. The maximum absolute atomic E-state index is 11.7. The Morgan fingerprint density at radius 2 is 2.08 bits per heavy atom. The molecule has 1 atom stereocenters. The van der Waals surface area contributed by atoms with Crippen LogP contribution in [0.2, 0.25) is 0 Å². The van der Waals surface area contributed by atoms with Gasteiger partial charge in [-0.2, -0.15) is 0 Å². The third-order valence-corrected chi connectivity index (χ3v) is 3.55. The fourth-order valence-electron chi connectivity index (χ4n) is 0.682. The number of alkyl halides is 1. The zero-order chi connectivity index (χ0) is 9.78. The van der Waals surface area contributed by atoms with Crippen LogP contribution in [0.3, 0.4) is 0 Å². The molecule has 1 unspecified atom stereocenters. The smallest absolute Gasteiger partial charge is 0.304 e. The number of carboxylic acids is 1. The molecule has 72 valence electrons. The Labute approximate surface area is 70.3 Å². The van der Waals surface area contributed by atoms with Crippen LogP contribution >= 0.6 is 0 Å². The molecule has 0 saturated carbocycles. The van der Waals surface area contributed by atoms with Gasteiger partial charge in [0.05, 0.1) is 17.4 Å².